The molecule has 3 aliphatic rings. The van der Waals surface area contributed by atoms with Crippen LogP contribution in [-0.2, 0) is 17.8 Å². The van der Waals surface area contributed by atoms with Gasteiger partial charge in [-0.25, -0.2) is 0 Å². The minimum atomic E-state index is -0.144. The fourth-order valence-electron chi connectivity index (χ4n) is 4.20. The van der Waals surface area contributed by atoms with E-state index in [1.165, 1.54) is 28.4 Å². The first-order valence-electron chi connectivity index (χ1n) is 10.2. The minimum absolute atomic E-state index is 0.0391. The van der Waals surface area contributed by atoms with Crippen LogP contribution in [0.5, 0.6) is 5.75 Å². The third-order valence-electron chi connectivity index (χ3n) is 6.04. The first-order valence-corrected chi connectivity index (χ1v) is 11.0. The molecule has 30 heavy (non-hydrogen) atoms. The number of likely N-dealkylation sites (N-methyl/N-ethyl adjacent to an activating group) is 1. The van der Waals surface area contributed by atoms with E-state index < -0.39 is 0 Å². The summed E-state index contributed by atoms with van der Waals surface area (Å²) in [6.07, 6.45) is 2.83. The molecule has 0 spiro atoms. The monoisotopic (exact) mass is 425 g/mol. The van der Waals surface area contributed by atoms with Crippen molar-refractivity contribution in [2.45, 2.75) is 25.8 Å². The lowest BCUT2D eigenvalue weighted by molar-refractivity contribution is -0.119. The Labute approximate surface area is 178 Å². The Hall–Kier alpha value is -2.87. The molecule has 3 amide bonds. The number of hydrogen-bond acceptors (Lipinski definition) is 5. The summed E-state index contributed by atoms with van der Waals surface area (Å²) < 4.78 is 0. The van der Waals surface area contributed by atoms with Gasteiger partial charge < -0.3 is 19.8 Å². The van der Waals surface area contributed by atoms with Gasteiger partial charge in [0.05, 0.1) is 12.1 Å². The zero-order valence-electron chi connectivity index (χ0n) is 16.8. The van der Waals surface area contributed by atoms with Gasteiger partial charge >= 0.3 is 0 Å². The third-order valence-corrected chi connectivity index (χ3v) is 7.28. The summed E-state index contributed by atoms with van der Waals surface area (Å²) in [5, 5.41) is 10.4. The molecule has 0 saturated heterocycles. The molecule has 156 valence electrons. The van der Waals surface area contributed by atoms with E-state index in [-0.39, 0.29) is 30.0 Å². The maximum absolute atomic E-state index is 13.1. The van der Waals surface area contributed by atoms with Crippen molar-refractivity contribution in [2.75, 3.05) is 31.6 Å². The van der Waals surface area contributed by atoms with Crippen molar-refractivity contribution in [1.29, 1.82) is 0 Å². The van der Waals surface area contributed by atoms with Crippen LogP contribution in [0.3, 0.4) is 0 Å². The molecule has 7 nitrogen and oxygen atoms in total. The zero-order valence-corrected chi connectivity index (χ0v) is 17.6. The number of aromatic hydroxyl groups is 1. The highest BCUT2D eigenvalue weighted by Gasteiger charge is 2.39. The number of fused-ring (bicyclic) bond motifs is 3. The number of amides is 3. The number of rotatable bonds is 3. The summed E-state index contributed by atoms with van der Waals surface area (Å²) in [5.41, 5.74) is 2.06. The second-order valence-electron chi connectivity index (χ2n) is 8.32. The fourth-order valence-corrected chi connectivity index (χ4v) is 5.58. The van der Waals surface area contributed by atoms with Gasteiger partial charge in [0.15, 0.2) is 0 Å². The number of nitrogens with zero attached hydrogens (tertiary/aromatic N) is 3. The summed E-state index contributed by atoms with van der Waals surface area (Å²) in [6, 6.07) is 6.35. The Morgan fingerprint density at radius 2 is 2.03 bits per heavy atom. The molecule has 0 atom stereocenters. The zero-order chi connectivity index (χ0) is 21.0. The molecular weight excluding hydrogens is 402 g/mol. The average Bonchev–Trinajstić information content (AvgIpc) is 3.49. The predicted octanol–water partition coefficient (Wildman–Crippen LogP) is 2.48. The van der Waals surface area contributed by atoms with E-state index in [0.717, 1.165) is 28.3 Å². The molecule has 8 heteroatoms. The number of carbonyl (C=O) groups excluding carboxylic acids is 3. The van der Waals surface area contributed by atoms with E-state index in [9.17, 15) is 19.5 Å². The van der Waals surface area contributed by atoms with E-state index in [2.05, 4.69) is 0 Å². The highest BCUT2D eigenvalue weighted by Crippen LogP contribution is 2.43. The number of benzene rings is 1. The van der Waals surface area contributed by atoms with Gasteiger partial charge in [-0.1, -0.05) is 6.07 Å². The fraction of sp³-hybridized carbons (Fsp3) is 0.409. The third kappa shape index (κ3) is 3.25. The van der Waals surface area contributed by atoms with Crippen LogP contribution < -0.4 is 4.90 Å². The molecule has 1 aliphatic carbocycles. The van der Waals surface area contributed by atoms with Gasteiger partial charge in [-0.15, -0.1) is 11.3 Å². The lowest BCUT2D eigenvalue weighted by Crippen LogP contribution is -2.38. The van der Waals surface area contributed by atoms with E-state index in [0.29, 0.717) is 43.1 Å². The molecule has 1 aromatic carbocycles. The minimum Gasteiger partial charge on any atom is -0.508 e. The van der Waals surface area contributed by atoms with Crippen molar-refractivity contribution in [3.8, 4) is 5.75 Å². The Bertz CT molecular complexity index is 1060. The number of carbonyl (C=O) groups is 3. The van der Waals surface area contributed by atoms with Crippen LogP contribution in [0.1, 0.15) is 44.0 Å². The SMILES string of the molecule is CN1CC(=O)N(CC2CC2)c2sc3c(c2C1=O)CCN(C(=O)c1cccc(O)c1)C3. The topological polar surface area (TPSA) is 81.2 Å². The van der Waals surface area contributed by atoms with Crippen LogP contribution in [0.4, 0.5) is 5.00 Å². The van der Waals surface area contributed by atoms with Crippen molar-refractivity contribution in [1.82, 2.24) is 9.80 Å². The lowest BCUT2D eigenvalue weighted by Gasteiger charge is -2.27. The molecule has 5 rings (SSSR count). The first kappa shape index (κ1) is 19.1. The molecule has 1 fully saturated rings. The number of anilines is 1. The lowest BCUT2D eigenvalue weighted by atomic mass is 10.0. The molecular formula is C22H23N3O4S. The number of hydrogen-bond donors (Lipinski definition) is 1. The Morgan fingerprint density at radius 3 is 2.77 bits per heavy atom. The quantitative estimate of drug-likeness (QED) is 0.819. The molecule has 0 unspecified atom stereocenters. The van der Waals surface area contributed by atoms with Crippen molar-refractivity contribution in [3.63, 3.8) is 0 Å². The molecule has 1 N–H and O–H groups in total. The van der Waals surface area contributed by atoms with Crippen LogP contribution in [0, 0.1) is 5.92 Å². The summed E-state index contributed by atoms with van der Waals surface area (Å²) >= 11 is 1.47. The Morgan fingerprint density at radius 1 is 1.23 bits per heavy atom. The summed E-state index contributed by atoms with van der Waals surface area (Å²) in [4.78, 5) is 44.9. The number of phenolic OH excluding ortho intramolecular Hbond substituents is 1. The highest BCUT2D eigenvalue weighted by molar-refractivity contribution is 7.17. The van der Waals surface area contributed by atoms with Gasteiger partial charge in [0, 0.05) is 30.6 Å². The molecule has 3 heterocycles. The van der Waals surface area contributed by atoms with Gasteiger partial charge in [-0.05, 0) is 48.9 Å². The van der Waals surface area contributed by atoms with Crippen LogP contribution in [0.25, 0.3) is 0 Å². The largest absolute Gasteiger partial charge is 0.508 e. The van der Waals surface area contributed by atoms with E-state index in [1.807, 2.05) is 0 Å². The summed E-state index contributed by atoms with van der Waals surface area (Å²) in [5.74, 6) is 0.284. The molecule has 0 bridgehead atoms. The Kier molecular flexibility index (Phi) is 4.54. The van der Waals surface area contributed by atoms with Gasteiger partial charge in [0.1, 0.15) is 17.3 Å². The van der Waals surface area contributed by atoms with Crippen LogP contribution in [-0.4, -0.2) is 59.3 Å². The first-order chi connectivity index (χ1) is 14.4. The second kappa shape index (κ2) is 7.12. The van der Waals surface area contributed by atoms with Crippen molar-refractivity contribution in [2.24, 2.45) is 5.92 Å². The van der Waals surface area contributed by atoms with Crippen molar-refractivity contribution in [3.05, 3.63) is 45.8 Å². The van der Waals surface area contributed by atoms with Crippen LogP contribution >= 0.6 is 11.3 Å². The normalized spacial score (nSPS) is 18.9. The van der Waals surface area contributed by atoms with Crippen LogP contribution in [0.2, 0.25) is 0 Å². The van der Waals surface area contributed by atoms with Crippen LogP contribution in [0.15, 0.2) is 24.3 Å². The molecule has 0 radical (unpaired) electrons. The molecule has 1 saturated carbocycles. The van der Waals surface area contributed by atoms with E-state index >= 15 is 0 Å². The smallest absolute Gasteiger partial charge is 0.257 e. The summed E-state index contributed by atoms with van der Waals surface area (Å²) in [6.45, 7) is 1.67. The molecule has 1 aromatic heterocycles. The van der Waals surface area contributed by atoms with E-state index in [4.69, 9.17) is 0 Å². The maximum atomic E-state index is 13.1. The number of phenols is 1. The average molecular weight is 426 g/mol. The molecule has 2 aliphatic heterocycles. The highest BCUT2D eigenvalue weighted by atomic mass is 32.1. The van der Waals surface area contributed by atoms with Gasteiger partial charge in [0.2, 0.25) is 5.91 Å². The predicted molar refractivity (Wildman–Crippen MR) is 113 cm³/mol. The Balaban J connectivity index is 1.49. The van der Waals surface area contributed by atoms with Gasteiger partial charge in [-0.2, -0.15) is 0 Å². The summed E-state index contributed by atoms with van der Waals surface area (Å²) in [7, 11) is 1.68. The van der Waals surface area contributed by atoms with E-state index in [1.54, 1.807) is 29.0 Å². The van der Waals surface area contributed by atoms with Gasteiger partial charge in [0.25, 0.3) is 11.8 Å². The number of thiophene rings is 1. The van der Waals surface area contributed by atoms with Gasteiger partial charge in [-0.3, -0.25) is 14.4 Å². The van der Waals surface area contributed by atoms with Crippen molar-refractivity contribution >= 4 is 34.1 Å². The second-order valence-corrected chi connectivity index (χ2v) is 9.40. The van der Waals surface area contributed by atoms with Crippen molar-refractivity contribution < 1.29 is 19.5 Å². The molecule has 2 aromatic rings. The standard InChI is InChI=1S/C22H23N3O4S/c1-23-12-18(27)25(10-13-5-6-13)22-19(21(23)29)16-7-8-24(11-17(16)30-22)20(28)14-3-2-4-15(26)9-14/h2-4,9,13,26H,5-8,10-12H2,1H3. The maximum Gasteiger partial charge on any atom is 0.257 e.